The Morgan fingerprint density at radius 2 is 2.00 bits per heavy atom. The van der Waals surface area contributed by atoms with E-state index in [-0.39, 0.29) is 5.41 Å². The van der Waals surface area contributed by atoms with E-state index in [2.05, 4.69) is 0 Å². The lowest BCUT2D eigenvalue weighted by Gasteiger charge is -2.41. The fourth-order valence-corrected chi connectivity index (χ4v) is 4.12. The van der Waals surface area contributed by atoms with Crippen molar-refractivity contribution in [3.8, 4) is 0 Å². The van der Waals surface area contributed by atoms with Crippen LogP contribution in [0.5, 0.6) is 0 Å². The second kappa shape index (κ2) is 2.12. The Labute approximate surface area is 73.5 Å². The highest BCUT2D eigenvalue weighted by atomic mass is 16.1. The second-order valence-corrected chi connectivity index (χ2v) is 5.28. The average molecular weight is 164 g/mol. The third-order valence-corrected chi connectivity index (χ3v) is 4.57. The van der Waals surface area contributed by atoms with Crippen LogP contribution < -0.4 is 0 Å². The summed E-state index contributed by atoms with van der Waals surface area (Å²) in [5, 5.41) is 0. The molecule has 3 rings (SSSR count). The van der Waals surface area contributed by atoms with Crippen LogP contribution in [-0.2, 0) is 4.79 Å². The van der Waals surface area contributed by atoms with E-state index in [1.54, 1.807) is 0 Å². The van der Waals surface area contributed by atoms with Gasteiger partial charge >= 0.3 is 0 Å². The first-order chi connectivity index (χ1) is 5.81. The molecule has 0 aromatic carbocycles. The number of hydrogen-bond acceptors (Lipinski definition) is 1. The van der Waals surface area contributed by atoms with Gasteiger partial charge in [0.1, 0.15) is 6.29 Å². The summed E-state index contributed by atoms with van der Waals surface area (Å²) in [6, 6.07) is 0. The van der Waals surface area contributed by atoms with Crippen LogP contribution in [0.25, 0.3) is 0 Å². The summed E-state index contributed by atoms with van der Waals surface area (Å²) in [6.45, 7) is 0. The van der Waals surface area contributed by atoms with Gasteiger partial charge in [0.15, 0.2) is 0 Å². The number of rotatable bonds is 1. The normalized spacial score (nSPS) is 55.8. The van der Waals surface area contributed by atoms with Crippen molar-refractivity contribution in [2.24, 2.45) is 23.2 Å². The third-order valence-electron chi connectivity index (χ3n) is 4.57. The van der Waals surface area contributed by atoms with E-state index in [0.29, 0.717) is 0 Å². The number of carbonyl (C=O) groups is 1. The van der Waals surface area contributed by atoms with Crippen LogP contribution in [0.2, 0.25) is 0 Å². The molecule has 0 heterocycles. The molecule has 0 aromatic rings. The maximum atomic E-state index is 11.1. The highest BCUT2D eigenvalue weighted by molar-refractivity contribution is 5.60. The summed E-state index contributed by atoms with van der Waals surface area (Å²) in [5.74, 6) is 2.86. The van der Waals surface area contributed by atoms with E-state index in [1.807, 2.05) is 0 Å². The molecule has 0 aromatic heterocycles. The molecule has 3 aliphatic rings. The molecule has 1 heteroatoms. The van der Waals surface area contributed by atoms with Gasteiger partial charge in [0.25, 0.3) is 0 Å². The summed E-state index contributed by atoms with van der Waals surface area (Å²) in [5.41, 5.74) is 0.153. The lowest BCUT2D eigenvalue weighted by molar-refractivity contribution is -0.121. The van der Waals surface area contributed by atoms with E-state index in [9.17, 15) is 4.79 Å². The van der Waals surface area contributed by atoms with Gasteiger partial charge in [0.05, 0.1) is 0 Å². The smallest absolute Gasteiger partial charge is 0.126 e. The molecule has 0 spiro atoms. The number of carbonyl (C=O) groups excluding carboxylic acids is 1. The quantitative estimate of drug-likeness (QED) is 0.544. The molecule has 4 atom stereocenters. The van der Waals surface area contributed by atoms with Crippen molar-refractivity contribution in [1.82, 2.24) is 0 Å². The lowest BCUT2D eigenvalue weighted by atomic mass is 9.63. The minimum absolute atomic E-state index is 0.153. The zero-order chi connectivity index (χ0) is 8.18. The van der Waals surface area contributed by atoms with Crippen molar-refractivity contribution < 1.29 is 4.79 Å². The molecule has 4 unspecified atom stereocenters. The minimum Gasteiger partial charge on any atom is -0.303 e. The van der Waals surface area contributed by atoms with Crippen LogP contribution in [0.4, 0.5) is 0 Å². The topological polar surface area (TPSA) is 17.1 Å². The largest absolute Gasteiger partial charge is 0.303 e. The van der Waals surface area contributed by atoms with Gasteiger partial charge < -0.3 is 4.79 Å². The average Bonchev–Trinajstić information content (AvgIpc) is 2.29. The molecule has 3 bridgehead atoms. The van der Waals surface area contributed by atoms with Crippen molar-refractivity contribution in [1.29, 1.82) is 0 Å². The van der Waals surface area contributed by atoms with Crippen molar-refractivity contribution in [3.05, 3.63) is 0 Å². The van der Waals surface area contributed by atoms with Crippen molar-refractivity contribution in [3.63, 3.8) is 0 Å². The first-order valence-electron chi connectivity index (χ1n) is 5.28. The Hall–Kier alpha value is -0.330. The molecular formula is C11H16O. The molecule has 0 amide bonds. The second-order valence-electron chi connectivity index (χ2n) is 5.28. The van der Waals surface area contributed by atoms with Gasteiger partial charge in [-0.25, -0.2) is 0 Å². The molecule has 0 radical (unpaired) electrons. The fourth-order valence-electron chi connectivity index (χ4n) is 4.12. The first-order valence-corrected chi connectivity index (χ1v) is 5.28. The van der Waals surface area contributed by atoms with Crippen LogP contribution in [0.1, 0.15) is 38.5 Å². The molecule has 0 saturated heterocycles. The minimum atomic E-state index is 0.153. The van der Waals surface area contributed by atoms with E-state index < -0.39 is 0 Å². The molecule has 3 saturated carbocycles. The standard InChI is InChI=1S/C11H16O/c12-7-11-2-1-9-3-8(5-11)4-10(9)6-11/h7-10H,1-6H2. The van der Waals surface area contributed by atoms with Crippen LogP contribution in [-0.4, -0.2) is 6.29 Å². The van der Waals surface area contributed by atoms with Crippen LogP contribution in [0.15, 0.2) is 0 Å². The van der Waals surface area contributed by atoms with E-state index >= 15 is 0 Å². The van der Waals surface area contributed by atoms with Crippen LogP contribution in [0, 0.1) is 23.2 Å². The molecule has 12 heavy (non-hydrogen) atoms. The molecule has 3 aliphatic carbocycles. The monoisotopic (exact) mass is 164 g/mol. The lowest BCUT2D eigenvalue weighted by Crippen LogP contribution is -2.35. The Balaban J connectivity index is 1.97. The van der Waals surface area contributed by atoms with Crippen molar-refractivity contribution in [2.75, 3.05) is 0 Å². The number of hydrogen-bond donors (Lipinski definition) is 0. The van der Waals surface area contributed by atoms with Crippen molar-refractivity contribution >= 4 is 6.29 Å². The maximum absolute atomic E-state index is 11.1. The Bertz CT molecular complexity index is 219. The van der Waals surface area contributed by atoms with Gasteiger partial charge in [-0.15, -0.1) is 0 Å². The van der Waals surface area contributed by atoms with E-state index in [0.717, 1.165) is 17.8 Å². The van der Waals surface area contributed by atoms with Gasteiger partial charge in [-0.3, -0.25) is 0 Å². The molecule has 66 valence electrons. The summed E-state index contributed by atoms with van der Waals surface area (Å²) in [6.07, 6.45) is 9.18. The highest BCUT2D eigenvalue weighted by Crippen LogP contribution is 2.59. The Morgan fingerprint density at radius 1 is 1.17 bits per heavy atom. The zero-order valence-corrected chi connectivity index (χ0v) is 7.46. The summed E-state index contributed by atoms with van der Waals surface area (Å²) >= 11 is 0. The zero-order valence-electron chi connectivity index (χ0n) is 7.46. The molecule has 3 fully saturated rings. The van der Waals surface area contributed by atoms with Gasteiger partial charge in [-0.1, -0.05) is 0 Å². The van der Waals surface area contributed by atoms with Gasteiger partial charge in [-0.05, 0) is 56.3 Å². The Morgan fingerprint density at radius 3 is 2.83 bits per heavy atom. The van der Waals surface area contributed by atoms with Gasteiger partial charge in [0.2, 0.25) is 0 Å². The van der Waals surface area contributed by atoms with Crippen LogP contribution >= 0.6 is 0 Å². The van der Waals surface area contributed by atoms with E-state index in [4.69, 9.17) is 0 Å². The SMILES string of the molecule is O=CC12CCC3CC(CC3C1)C2. The van der Waals surface area contributed by atoms with Gasteiger partial charge in [-0.2, -0.15) is 0 Å². The van der Waals surface area contributed by atoms with Crippen LogP contribution in [0.3, 0.4) is 0 Å². The fraction of sp³-hybridized carbons (Fsp3) is 0.909. The third kappa shape index (κ3) is 0.773. The van der Waals surface area contributed by atoms with Gasteiger partial charge in [0, 0.05) is 5.41 Å². The van der Waals surface area contributed by atoms with Crippen molar-refractivity contribution in [2.45, 2.75) is 38.5 Å². The molecule has 0 aliphatic heterocycles. The summed E-state index contributed by atoms with van der Waals surface area (Å²) in [4.78, 5) is 11.1. The number of fused-ring (bicyclic) bond motifs is 2. The molecule has 0 N–H and O–H groups in total. The summed E-state index contributed by atoms with van der Waals surface area (Å²) in [7, 11) is 0. The molecular weight excluding hydrogens is 148 g/mol. The highest BCUT2D eigenvalue weighted by Gasteiger charge is 2.51. The summed E-state index contributed by atoms with van der Waals surface area (Å²) < 4.78 is 0. The predicted molar refractivity (Wildman–Crippen MR) is 46.7 cm³/mol. The molecule has 1 nitrogen and oxygen atoms in total. The maximum Gasteiger partial charge on any atom is 0.126 e. The van der Waals surface area contributed by atoms with E-state index in [1.165, 1.54) is 44.8 Å². The number of aldehydes is 1. The Kier molecular flexibility index (Phi) is 1.26. The first kappa shape index (κ1) is 7.11. The predicted octanol–water partition coefficient (Wildman–Crippen LogP) is 2.40.